The fourth-order valence-corrected chi connectivity index (χ4v) is 4.28. The average Bonchev–Trinajstić information content (AvgIpc) is 3.11. The Morgan fingerprint density at radius 2 is 2.00 bits per heavy atom. The fourth-order valence-electron chi connectivity index (χ4n) is 3.09. The van der Waals surface area contributed by atoms with E-state index in [1.807, 2.05) is 37.2 Å². The van der Waals surface area contributed by atoms with Crippen LogP contribution in [0, 0.1) is 5.41 Å². The molecule has 0 saturated heterocycles. The molecule has 0 radical (unpaired) electrons. The number of aliphatic hydroxyl groups is 1. The number of imidazole rings is 1. The molecule has 4 N–H and O–H groups in total. The minimum absolute atomic E-state index is 0.193. The van der Waals surface area contributed by atoms with Crippen molar-refractivity contribution in [1.29, 1.82) is 0 Å². The molecule has 0 aliphatic rings. The number of allylic oxidation sites excluding steroid dienone is 4. The third kappa shape index (κ3) is 8.74. The molecule has 8 heteroatoms. The number of thioether (sulfide) groups is 1. The molecule has 34 heavy (non-hydrogen) atoms. The van der Waals surface area contributed by atoms with Gasteiger partial charge in [0.05, 0.1) is 12.5 Å². The summed E-state index contributed by atoms with van der Waals surface area (Å²) >= 11 is 1.51. The smallest absolute Gasteiger partial charge is 0.174 e. The first-order chi connectivity index (χ1) is 16.0. The standard InChI is InChI=1S/C26H43N5O2S/c1-10-13-21-23(24(27)30(7)8)29-25(31(21)15-14-28-18-26(4,5)6)34-22(19(11-2)12-3)16-20(17-32)33-9/h10-11,13,16,28,32H,1-2,12,14-15,17-18,27H2,3-9H3/b20-16+,21-13+,22-19-,24-23-. The summed E-state index contributed by atoms with van der Waals surface area (Å²) in [5.41, 5.74) is 7.65. The van der Waals surface area contributed by atoms with Crippen LogP contribution in [0.3, 0.4) is 0 Å². The third-order valence-electron chi connectivity index (χ3n) is 4.99. The first-order valence-corrected chi connectivity index (χ1v) is 12.3. The Morgan fingerprint density at radius 1 is 1.32 bits per heavy atom. The lowest BCUT2D eigenvalue weighted by Crippen LogP contribution is -2.39. The first-order valence-electron chi connectivity index (χ1n) is 11.5. The molecule has 190 valence electrons. The van der Waals surface area contributed by atoms with Crippen molar-refractivity contribution in [1.82, 2.24) is 19.8 Å². The Kier molecular flexibility index (Phi) is 12.3. The van der Waals surface area contributed by atoms with Gasteiger partial charge in [-0.3, -0.25) is 0 Å². The van der Waals surface area contributed by atoms with Crippen molar-refractivity contribution in [2.75, 3.05) is 40.9 Å². The molecule has 0 aliphatic carbocycles. The highest BCUT2D eigenvalue weighted by atomic mass is 32.2. The Balaban J connectivity index is 3.72. The van der Waals surface area contributed by atoms with E-state index in [-0.39, 0.29) is 12.0 Å². The van der Waals surface area contributed by atoms with Gasteiger partial charge in [-0.05, 0) is 29.6 Å². The molecule has 0 bridgehead atoms. The van der Waals surface area contributed by atoms with Gasteiger partial charge in [0, 0.05) is 38.6 Å². The van der Waals surface area contributed by atoms with Crippen molar-refractivity contribution in [3.8, 4) is 0 Å². The molecule has 7 nitrogen and oxygen atoms in total. The molecule has 1 heterocycles. The predicted molar refractivity (Wildman–Crippen MR) is 145 cm³/mol. The number of nitrogens with two attached hydrogens (primary N) is 1. The molecule has 0 fully saturated rings. The van der Waals surface area contributed by atoms with Gasteiger partial charge in [-0.15, -0.1) is 0 Å². The van der Waals surface area contributed by atoms with Crippen LogP contribution in [0.4, 0.5) is 0 Å². The van der Waals surface area contributed by atoms with Crippen molar-refractivity contribution in [3.63, 3.8) is 0 Å². The Morgan fingerprint density at radius 3 is 2.47 bits per heavy atom. The largest absolute Gasteiger partial charge is 0.499 e. The van der Waals surface area contributed by atoms with Crippen molar-refractivity contribution >= 4 is 23.7 Å². The van der Waals surface area contributed by atoms with Gasteiger partial charge < -0.3 is 30.4 Å². The van der Waals surface area contributed by atoms with E-state index in [4.69, 9.17) is 15.5 Å². The first kappa shape index (κ1) is 29.6. The summed E-state index contributed by atoms with van der Waals surface area (Å²) in [6, 6.07) is 0. The molecule has 0 saturated carbocycles. The normalized spacial score (nSPS) is 14.6. The summed E-state index contributed by atoms with van der Waals surface area (Å²) < 4.78 is 7.48. The molecular weight excluding hydrogens is 446 g/mol. The lowest BCUT2D eigenvalue weighted by molar-refractivity contribution is 0.207. The molecule has 1 aromatic rings. The number of hydrogen-bond acceptors (Lipinski definition) is 7. The van der Waals surface area contributed by atoms with Gasteiger partial charge in [-0.25, -0.2) is 4.98 Å². The highest BCUT2D eigenvalue weighted by molar-refractivity contribution is 8.03. The maximum Gasteiger partial charge on any atom is 0.174 e. The van der Waals surface area contributed by atoms with Gasteiger partial charge >= 0.3 is 0 Å². The summed E-state index contributed by atoms with van der Waals surface area (Å²) in [5, 5.41) is 15.6. The summed E-state index contributed by atoms with van der Waals surface area (Å²) in [6.07, 6.45) is 8.15. The zero-order chi connectivity index (χ0) is 25.9. The van der Waals surface area contributed by atoms with Crippen molar-refractivity contribution in [3.05, 3.63) is 58.3 Å². The average molecular weight is 490 g/mol. The van der Waals surface area contributed by atoms with Gasteiger partial charge in [0.25, 0.3) is 0 Å². The maximum absolute atomic E-state index is 9.66. The highest BCUT2D eigenvalue weighted by Gasteiger charge is 2.16. The number of rotatable bonds is 13. The van der Waals surface area contributed by atoms with E-state index in [9.17, 15) is 5.11 Å². The zero-order valence-electron chi connectivity index (χ0n) is 21.9. The van der Waals surface area contributed by atoms with Crippen LogP contribution in [0.2, 0.25) is 0 Å². The van der Waals surface area contributed by atoms with Gasteiger partial charge in [0.15, 0.2) is 5.16 Å². The second-order valence-corrected chi connectivity index (χ2v) is 10.2. The molecule has 1 aromatic heterocycles. The lowest BCUT2D eigenvalue weighted by atomic mass is 9.97. The second kappa shape index (κ2) is 14.1. The van der Waals surface area contributed by atoms with Crippen LogP contribution >= 0.6 is 11.8 Å². The molecule has 0 aliphatic heterocycles. The van der Waals surface area contributed by atoms with E-state index in [1.165, 1.54) is 11.8 Å². The van der Waals surface area contributed by atoms with Crippen molar-refractivity contribution < 1.29 is 9.84 Å². The Hall–Kier alpha value is -2.42. The number of aromatic nitrogens is 2. The summed E-state index contributed by atoms with van der Waals surface area (Å²) in [4.78, 5) is 7.71. The summed E-state index contributed by atoms with van der Waals surface area (Å²) in [7, 11) is 5.35. The molecule has 0 unspecified atom stereocenters. The van der Waals surface area contributed by atoms with Crippen LogP contribution in [0.25, 0.3) is 11.9 Å². The Bertz CT molecular complexity index is 1010. The highest BCUT2D eigenvalue weighted by Crippen LogP contribution is 2.30. The van der Waals surface area contributed by atoms with Crippen LogP contribution in [0.5, 0.6) is 0 Å². The quantitative estimate of drug-likeness (QED) is 0.170. The monoisotopic (exact) mass is 489 g/mol. The Labute approximate surface area is 209 Å². The SMILES string of the molecule is C=C/C=c1\c(=C(/N)N(C)C)nc(SC(/C=C(\CO)OC)=C(/C=C)CC)n1CCNCC(C)(C)C. The third-order valence-corrected chi connectivity index (χ3v) is 6.09. The van der Waals surface area contributed by atoms with Crippen LogP contribution in [-0.2, 0) is 11.3 Å². The van der Waals surface area contributed by atoms with Crippen LogP contribution in [-0.4, -0.2) is 60.5 Å². The van der Waals surface area contributed by atoms with Crippen molar-refractivity contribution in [2.45, 2.75) is 45.8 Å². The number of ether oxygens (including phenoxy) is 1. The number of methoxy groups -OCH3 is 1. The van der Waals surface area contributed by atoms with E-state index in [1.54, 1.807) is 13.2 Å². The molecule has 0 spiro atoms. The van der Waals surface area contributed by atoms with Gasteiger partial charge in [0.2, 0.25) is 0 Å². The van der Waals surface area contributed by atoms with E-state index < -0.39 is 0 Å². The lowest BCUT2D eigenvalue weighted by Gasteiger charge is -2.19. The van der Waals surface area contributed by atoms with E-state index >= 15 is 0 Å². The summed E-state index contributed by atoms with van der Waals surface area (Å²) in [5.74, 6) is 1.04. The minimum atomic E-state index is -0.193. The number of hydrogen-bond donors (Lipinski definition) is 3. The maximum atomic E-state index is 9.66. The second-order valence-electron chi connectivity index (χ2n) is 9.22. The molecule has 0 aromatic carbocycles. The zero-order valence-corrected chi connectivity index (χ0v) is 22.8. The topological polar surface area (TPSA) is 88.6 Å². The number of nitrogens with zero attached hydrogens (tertiary/aromatic N) is 3. The molecular formula is C26H43N5O2S. The van der Waals surface area contributed by atoms with Crippen LogP contribution in [0.1, 0.15) is 34.1 Å². The van der Waals surface area contributed by atoms with Gasteiger partial charge in [0.1, 0.15) is 23.5 Å². The van der Waals surface area contributed by atoms with Crippen LogP contribution < -0.4 is 21.7 Å². The molecule has 0 amide bonds. The molecule has 1 rings (SSSR count). The van der Waals surface area contributed by atoms with E-state index in [0.29, 0.717) is 23.5 Å². The van der Waals surface area contributed by atoms with Crippen molar-refractivity contribution in [2.24, 2.45) is 11.1 Å². The molecule has 0 atom stereocenters. The summed E-state index contributed by atoms with van der Waals surface area (Å²) in [6.45, 7) is 18.8. The van der Waals surface area contributed by atoms with Crippen LogP contribution in [0.15, 0.2) is 52.8 Å². The van der Waals surface area contributed by atoms with E-state index in [2.05, 4.69) is 50.7 Å². The van der Waals surface area contributed by atoms with Gasteiger partial charge in [-0.1, -0.05) is 64.8 Å². The predicted octanol–water partition coefficient (Wildman–Crippen LogP) is 2.54. The number of nitrogens with one attached hydrogen (secondary N) is 1. The van der Waals surface area contributed by atoms with E-state index in [0.717, 1.165) is 40.5 Å². The minimum Gasteiger partial charge on any atom is -0.499 e. The van der Waals surface area contributed by atoms with Gasteiger partial charge in [-0.2, -0.15) is 0 Å². The number of aliphatic hydroxyl groups excluding tert-OH is 1. The fraction of sp³-hybridized carbons (Fsp3) is 0.500.